The Balaban J connectivity index is 1.79. The van der Waals surface area contributed by atoms with Crippen LogP contribution in [-0.4, -0.2) is 19.1 Å². The summed E-state index contributed by atoms with van der Waals surface area (Å²) in [5.41, 5.74) is 1.78. The number of aromatic nitrogens is 4. The molecule has 1 fully saturated rings. The standard InChI is InChI=1S/C17H18ClN5O/c1-22-13-10-19-16(21-15-8-4-7-14(18)20-15)9-12(13)23(17(22)24)11-5-2-3-6-11/h4,7-11H,2-3,5-6H2,1H3,(H,19,20,21). The molecule has 1 saturated carbocycles. The predicted octanol–water partition coefficient (Wildman–Crippen LogP) is 3.64. The van der Waals surface area contributed by atoms with Gasteiger partial charge in [-0.1, -0.05) is 30.5 Å². The predicted molar refractivity (Wildman–Crippen MR) is 95.0 cm³/mol. The molecule has 0 amide bonds. The molecule has 124 valence electrons. The van der Waals surface area contributed by atoms with Gasteiger partial charge in [-0.15, -0.1) is 0 Å². The van der Waals surface area contributed by atoms with Crippen molar-refractivity contribution in [1.29, 1.82) is 0 Å². The van der Waals surface area contributed by atoms with Crippen LogP contribution in [0.4, 0.5) is 11.6 Å². The van der Waals surface area contributed by atoms with Crippen molar-refractivity contribution in [3.63, 3.8) is 0 Å². The summed E-state index contributed by atoms with van der Waals surface area (Å²) in [6.07, 6.45) is 6.20. The van der Waals surface area contributed by atoms with Gasteiger partial charge in [0.25, 0.3) is 0 Å². The Kier molecular flexibility index (Phi) is 3.76. The minimum atomic E-state index is 0.0248. The molecule has 24 heavy (non-hydrogen) atoms. The molecular weight excluding hydrogens is 326 g/mol. The SMILES string of the molecule is Cn1c(=O)n(C2CCCC2)c2cc(Nc3cccc(Cl)n3)ncc21. The van der Waals surface area contributed by atoms with Gasteiger partial charge in [0.1, 0.15) is 16.8 Å². The monoisotopic (exact) mass is 343 g/mol. The maximum atomic E-state index is 12.6. The molecule has 3 aromatic rings. The number of pyridine rings is 2. The van der Waals surface area contributed by atoms with Gasteiger partial charge in [-0.2, -0.15) is 0 Å². The first-order chi connectivity index (χ1) is 11.6. The number of hydrogen-bond donors (Lipinski definition) is 1. The van der Waals surface area contributed by atoms with Crippen LogP contribution in [0.2, 0.25) is 5.15 Å². The molecule has 3 aromatic heterocycles. The van der Waals surface area contributed by atoms with Crippen LogP contribution in [0.3, 0.4) is 0 Å². The number of fused-ring (bicyclic) bond motifs is 1. The second-order valence-electron chi connectivity index (χ2n) is 6.18. The highest BCUT2D eigenvalue weighted by molar-refractivity contribution is 6.29. The van der Waals surface area contributed by atoms with Crippen LogP contribution >= 0.6 is 11.6 Å². The molecule has 0 radical (unpaired) electrons. The number of nitrogens with zero attached hydrogens (tertiary/aromatic N) is 4. The fourth-order valence-electron chi connectivity index (χ4n) is 3.45. The third-order valence-electron chi connectivity index (χ3n) is 4.64. The number of halogens is 1. The number of hydrogen-bond acceptors (Lipinski definition) is 4. The van der Waals surface area contributed by atoms with Gasteiger partial charge in [-0.3, -0.25) is 9.13 Å². The second kappa shape index (κ2) is 5.94. The van der Waals surface area contributed by atoms with E-state index in [1.807, 2.05) is 22.8 Å². The molecule has 0 aliphatic heterocycles. The maximum Gasteiger partial charge on any atom is 0.329 e. The lowest BCUT2D eigenvalue weighted by atomic mass is 10.2. The Morgan fingerprint density at radius 3 is 2.75 bits per heavy atom. The zero-order valence-corrected chi connectivity index (χ0v) is 14.1. The van der Waals surface area contributed by atoms with Gasteiger partial charge < -0.3 is 5.32 Å². The maximum absolute atomic E-state index is 12.6. The zero-order chi connectivity index (χ0) is 16.7. The third-order valence-corrected chi connectivity index (χ3v) is 4.85. The number of anilines is 2. The van der Waals surface area contributed by atoms with Crippen molar-refractivity contribution < 1.29 is 0 Å². The van der Waals surface area contributed by atoms with Crippen molar-refractivity contribution in [3.8, 4) is 0 Å². The number of rotatable bonds is 3. The van der Waals surface area contributed by atoms with Crippen LogP contribution in [0.15, 0.2) is 35.3 Å². The van der Waals surface area contributed by atoms with E-state index in [4.69, 9.17) is 11.6 Å². The first kappa shape index (κ1) is 15.2. The summed E-state index contributed by atoms with van der Waals surface area (Å²) < 4.78 is 3.59. The molecule has 0 saturated heterocycles. The van der Waals surface area contributed by atoms with Gasteiger partial charge in [-0.25, -0.2) is 14.8 Å². The van der Waals surface area contributed by atoms with Crippen molar-refractivity contribution in [2.75, 3.05) is 5.32 Å². The van der Waals surface area contributed by atoms with E-state index in [2.05, 4.69) is 15.3 Å². The minimum absolute atomic E-state index is 0.0248. The van der Waals surface area contributed by atoms with Crippen LogP contribution < -0.4 is 11.0 Å². The molecule has 1 aliphatic carbocycles. The number of imidazole rings is 1. The highest BCUT2D eigenvalue weighted by Gasteiger charge is 2.23. The van der Waals surface area contributed by atoms with Crippen molar-refractivity contribution in [1.82, 2.24) is 19.1 Å². The van der Waals surface area contributed by atoms with Gasteiger partial charge in [0.15, 0.2) is 0 Å². The average molecular weight is 344 g/mol. The molecule has 0 atom stereocenters. The molecule has 7 heteroatoms. The Morgan fingerprint density at radius 1 is 1.21 bits per heavy atom. The summed E-state index contributed by atoms with van der Waals surface area (Å²) in [6.45, 7) is 0. The molecule has 3 heterocycles. The molecular formula is C17H18ClN5O. The van der Waals surface area contributed by atoms with Gasteiger partial charge in [0.05, 0.1) is 17.2 Å². The van der Waals surface area contributed by atoms with E-state index >= 15 is 0 Å². The first-order valence-electron chi connectivity index (χ1n) is 8.10. The largest absolute Gasteiger partial charge is 0.329 e. The Labute approximate surface area is 144 Å². The zero-order valence-electron chi connectivity index (χ0n) is 13.4. The van der Waals surface area contributed by atoms with Crippen LogP contribution in [0.25, 0.3) is 11.0 Å². The topological polar surface area (TPSA) is 64.7 Å². The lowest BCUT2D eigenvalue weighted by Crippen LogP contribution is -2.24. The third kappa shape index (κ3) is 2.57. The van der Waals surface area contributed by atoms with E-state index in [1.165, 1.54) is 12.8 Å². The van der Waals surface area contributed by atoms with Gasteiger partial charge in [-0.05, 0) is 25.0 Å². The molecule has 1 aliphatic rings. The van der Waals surface area contributed by atoms with Gasteiger partial charge in [0, 0.05) is 19.2 Å². The molecule has 0 spiro atoms. The number of aryl methyl sites for hydroxylation is 1. The number of nitrogens with one attached hydrogen (secondary N) is 1. The first-order valence-corrected chi connectivity index (χ1v) is 8.48. The molecule has 0 bridgehead atoms. The van der Waals surface area contributed by atoms with E-state index in [-0.39, 0.29) is 11.7 Å². The van der Waals surface area contributed by atoms with Gasteiger partial charge in [0.2, 0.25) is 0 Å². The van der Waals surface area contributed by atoms with Crippen molar-refractivity contribution in [3.05, 3.63) is 46.1 Å². The van der Waals surface area contributed by atoms with E-state index in [1.54, 1.807) is 23.9 Å². The lowest BCUT2D eigenvalue weighted by Gasteiger charge is -2.12. The van der Waals surface area contributed by atoms with E-state index in [9.17, 15) is 4.79 Å². The molecule has 1 N–H and O–H groups in total. The van der Waals surface area contributed by atoms with Crippen molar-refractivity contribution in [2.24, 2.45) is 7.05 Å². The van der Waals surface area contributed by atoms with Crippen LogP contribution in [-0.2, 0) is 7.05 Å². The Hall–Kier alpha value is -2.34. The summed E-state index contributed by atoms with van der Waals surface area (Å²) in [7, 11) is 1.80. The Morgan fingerprint density at radius 2 is 2.00 bits per heavy atom. The molecule has 0 unspecified atom stereocenters. The molecule has 6 nitrogen and oxygen atoms in total. The highest BCUT2D eigenvalue weighted by atomic mass is 35.5. The summed E-state index contributed by atoms with van der Waals surface area (Å²) >= 11 is 5.92. The summed E-state index contributed by atoms with van der Waals surface area (Å²) in [6, 6.07) is 7.57. The van der Waals surface area contributed by atoms with Crippen LogP contribution in [0.5, 0.6) is 0 Å². The van der Waals surface area contributed by atoms with E-state index < -0.39 is 0 Å². The van der Waals surface area contributed by atoms with Crippen molar-refractivity contribution in [2.45, 2.75) is 31.7 Å². The molecule has 4 rings (SSSR count). The minimum Gasteiger partial charge on any atom is -0.325 e. The normalized spacial score (nSPS) is 15.2. The van der Waals surface area contributed by atoms with Gasteiger partial charge >= 0.3 is 5.69 Å². The average Bonchev–Trinajstić information content (AvgIpc) is 3.16. The van der Waals surface area contributed by atoms with E-state index in [0.717, 1.165) is 23.9 Å². The molecule has 0 aromatic carbocycles. The fourth-order valence-corrected chi connectivity index (χ4v) is 3.61. The summed E-state index contributed by atoms with van der Waals surface area (Å²) in [5.74, 6) is 1.27. The Bertz CT molecular complexity index is 955. The fraction of sp³-hybridized carbons (Fsp3) is 0.353. The smallest absolute Gasteiger partial charge is 0.325 e. The van der Waals surface area contributed by atoms with Crippen molar-refractivity contribution >= 4 is 34.3 Å². The quantitative estimate of drug-likeness (QED) is 0.737. The van der Waals surface area contributed by atoms with Crippen LogP contribution in [0, 0.1) is 0 Å². The highest BCUT2D eigenvalue weighted by Crippen LogP contribution is 2.31. The second-order valence-corrected chi connectivity index (χ2v) is 6.57. The van der Waals surface area contributed by atoms with E-state index in [0.29, 0.717) is 16.8 Å². The summed E-state index contributed by atoms with van der Waals surface area (Å²) in [4.78, 5) is 21.3. The lowest BCUT2D eigenvalue weighted by molar-refractivity contribution is 0.509. The van der Waals surface area contributed by atoms with Crippen LogP contribution in [0.1, 0.15) is 31.7 Å². The summed E-state index contributed by atoms with van der Waals surface area (Å²) in [5, 5.41) is 3.57.